The Bertz CT molecular complexity index is 641. The number of aldehydes is 1. The van der Waals surface area contributed by atoms with Crippen molar-refractivity contribution in [1.29, 1.82) is 0 Å². The minimum atomic E-state index is 0.612. The standard InChI is InChI=1S/C14H10O3/c1-16-11-4-2-9-6-7-17-12-5-3-10(8-15)14(11)13(9)12/h2-8H,1H3. The van der Waals surface area contributed by atoms with E-state index in [-0.39, 0.29) is 0 Å². The summed E-state index contributed by atoms with van der Waals surface area (Å²) in [6.45, 7) is 0. The van der Waals surface area contributed by atoms with Crippen LogP contribution in [0.2, 0.25) is 0 Å². The van der Waals surface area contributed by atoms with Gasteiger partial charge < -0.3 is 9.47 Å². The number of rotatable bonds is 2. The highest BCUT2D eigenvalue weighted by Crippen LogP contribution is 2.39. The first-order chi connectivity index (χ1) is 8.35. The van der Waals surface area contributed by atoms with Gasteiger partial charge in [0, 0.05) is 16.3 Å². The Morgan fingerprint density at radius 1 is 1.18 bits per heavy atom. The van der Waals surface area contributed by atoms with Gasteiger partial charge in [-0.05, 0) is 29.8 Å². The predicted octanol–water partition coefficient (Wildman–Crippen LogP) is 3.02. The van der Waals surface area contributed by atoms with Gasteiger partial charge in [0.2, 0.25) is 0 Å². The second-order valence-electron chi connectivity index (χ2n) is 3.80. The van der Waals surface area contributed by atoms with Crippen LogP contribution in [-0.2, 0) is 0 Å². The van der Waals surface area contributed by atoms with Crippen LogP contribution in [0.15, 0.2) is 30.5 Å². The lowest BCUT2D eigenvalue weighted by Gasteiger charge is -2.16. The predicted molar refractivity (Wildman–Crippen MR) is 65.5 cm³/mol. The molecule has 0 saturated heterocycles. The summed E-state index contributed by atoms with van der Waals surface area (Å²) < 4.78 is 10.8. The van der Waals surface area contributed by atoms with Gasteiger partial charge in [0.1, 0.15) is 11.5 Å². The molecule has 0 bridgehead atoms. The Hall–Kier alpha value is -2.29. The average molecular weight is 226 g/mol. The Morgan fingerprint density at radius 2 is 2.06 bits per heavy atom. The van der Waals surface area contributed by atoms with Gasteiger partial charge in [-0.15, -0.1) is 0 Å². The van der Waals surface area contributed by atoms with Crippen molar-refractivity contribution >= 4 is 23.1 Å². The molecule has 0 spiro atoms. The summed E-state index contributed by atoms with van der Waals surface area (Å²) in [5.41, 5.74) is 1.65. The second-order valence-corrected chi connectivity index (χ2v) is 3.80. The molecule has 2 aromatic carbocycles. The van der Waals surface area contributed by atoms with E-state index in [0.717, 1.165) is 28.4 Å². The lowest BCUT2D eigenvalue weighted by molar-refractivity contribution is 0.112. The maximum Gasteiger partial charge on any atom is 0.150 e. The van der Waals surface area contributed by atoms with E-state index in [4.69, 9.17) is 9.47 Å². The normalized spacial score (nSPS) is 12.3. The third-order valence-corrected chi connectivity index (χ3v) is 2.94. The molecule has 0 fully saturated rings. The first-order valence-electron chi connectivity index (χ1n) is 5.27. The molecule has 0 unspecified atom stereocenters. The summed E-state index contributed by atoms with van der Waals surface area (Å²) in [5, 5.41) is 1.73. The van der Waals surface area contributed by atoms with Crippen molar-refractivity contribution in [3.05, 3.63) is 41.7 Å². The van der Waals surface area contributed by atoms with E-state index >= 15 is 0 Å². The summed E-state index contributed by atoms with van der Waals surface area (Å²) in [5.74, 6) is 1.44. The van der Waals surface area contributed by atoms with Crippen molar-refractivity contribution in [2.24, 2.45) is 0 Å². The lowest BCUT2D eigenvalue weighted by Crippen LogP contribution is -1.97. The Labute approximate surface area is 98.3 Å². The van der Waals surface area contributed by atoms with Gasteiger partial charge in [-0.1, -0.05) is 6.07 Å². The van der Waals surface area contributed by atoms with Crippen LogP contribution in [0, 0.1) is 0 Å². The zero-order valence-electron chi connectivity index (χ0n) is 9.27. The van der Waals surface area contributed by atoms with Crippen LogP contribution in [0.25, 0.3) is 16.8 Å². The first kappa shape index (κ1) is 9.90. The zero-order chi connectivity index (χ0) is 11.8. The molecular weight excluding hydrogens is 216 g/mol. The maximum absolute atomic E-state index is 11.1. The van der Waals surface area contributed by atoms with Crippen LogP contribution in [-0.4, -0.2) is 13.4 Å². The first-order valence-corrected chi connectivity index (χ1v) is 5.27. The van der Waals surface area contributed by atoms with Crippen molar-refractivity contribution in [1.82, 2.24) is 0 Å². The van der Waals surface area contributed by atoms with Crippen molar-refractivity contribution in [3.63, 3.8) is 0 Å². The highest BCUT2D eigenvalue weighted by atomic mass is 16.5. The average Bonchev–Trinajstić information content (AvgIpc) is 2.40. The van der Waals surface area contributed by atoms with Gasteiger partial charge in [0.25, 0.3) is 0 Å². The van der Waals surface area contributed by atoms with E-state index in [1.54, 1.807) is 25.5 Å². The molecular formula is C14H10O3. The molecule has 3 nitrogen and oxygen atoms in total. The number of hydrogen-bond donors (Lipinski definition) is 0. The van der Waals surface area contributed by atoms with E-state index in [1.165, 1.54) is 0 Å². The fraction of sp³-hybridized carbons (Fsp3) is 0.0714. The van der Waals surface area contributed by atoms with Crippen molar-refractivity contribution in [2.75, 3.05) is 7.11 Å². The molecule has 0 amide bonds. The Kier molecular flexibility index (Phi) is 2.11. The molecule has 1 heterocycles. The maximum atomic E-state index is 11.1. The number of carbonyl (C=O) groups excluding carboxylic acids is 1. The number of carbonyl (C=O) groups is 1. The van der Waals surface area contributed by atoms with Gasteiger partial charge in [-0.25, -0.2) is 0 Å². The van der Waals surface area contributed by atoms with E-state index < -0.39 is 0 Å². The van der Waals surface area contributed by atoms with E-state index in [1.807, 2.05) is 18.2 Å². The summed E-state index contributed by atoms with van der Waals surface area (Å²) in [6.07, 6.45) is 4.36. The van der Waals surface area contributed by atoms with Gasteiger partial charge >= 0.3 is 0 Å². The molecule has 0 N–H and O–H groups in total. The molecule has 17 heavy (non-hydrogen) atoms. The highest BCUT2D eigenvalue weighted by Gasteiger charge is 2.16. The van der Waals surface area contributed by atoms with E-state index in [2.05, 4.69) is 0 Å². The largest absolute Gasteiger partial charge is 0.496 e. The number of methoxy groups -OCH3 is 1. The van der Waals surface area contributed by atoms with Crippen LogP contribution >= 0.6 is 0 Å². The van der Waals surface area contributed by atoms with Crippen molar-refractivity contribution in [2.45, 2.75) is 0 Å². The monoisotopic (exact) mass is 226 g/mol. The molecule has 3 heteroatoms. The topological polar surface area (TPSA) is 35.5 Å². The fourth-order valence-electron chi connectivity index (χ4n) is 2.17. The van der Waals surface area contributed by atoms with Gasteiger partial charge in [-0.2, -0.15) is 0 Å². The summed E-state index contributed by atoms with van der Waals surface area (Å²) in [6, 6.07) is 7.37. The van der Waals surface area contributed by atoms with Crippen LogP contribution in [0.1, 0.15) is 15.9 Å². The SMILES string of the molecule is COc1ccc2c3c(ccc(C=O)c13)OC=C2. The summed E-state index contributed by atoms with van der Waals surface area (Å²) >= 11 is 0. The molecule has 0 radical (unpaired) electrons. The molecule has 0 saturated carbocycles. The van der Waals surface area contributed by atoms with Gasteiger partial charge in [-0.3, -0.25) is 4.79 Å². The molecule has 84 valence electrons. The number of ether oxygens (including phenoxy) is 2. The van der Waals surface area contributed by atoms with Crippen LogP contribution in [0.5, 0.6) is 11.5 Å². The van der Waals surface area contributed by atoms with Crippen LogP contribution < -0.4 is 9.47 Å². The number of benzene rings is 2. The third kappa shape index (κ3) is 1.32. The third-order valence-electron chi connectivity index (χ3n) is 2.94. The number of hydrogen-bond acceptors (Lipinski definition) is 3. The zero-order valence-corrected chi connectivity index (χ0v) is 9.27. The second kappa shape index (κ2) is 3.63. The Morgan fingerprint density at radius 3 is 2.82 bits per heavy atom. The fourth-order valence-corrected chi connectivity index (χ4v) is 2.17. The van der Waals surface area contributed by atoms with Crippen molar-refractivity contribution in [3.8, 4) is 11.5 Å². The lowest BCUT2D eigenvalue weighted by atomic mass is 9.97. The Balaban J connectivity index is 2.53. The molecule has 0 aliphatic carbocycles. The summed E-state index contributed by atoms with van der Waals surface area (Å²) in [4.78, 5) is 11.1. The molecule has 0 atom stereocenters. The van der Waals surface area contributed by atoms with Crippen molar-refractivity contribution < 1.29 is 14.3 Å². The van der Waals surface area contributed by atoms with Crippen LogP contribution in [0.4, 0.5) is 0 Å². The van der Waals surface area contributed by atoms with Gasteiger partial charge in [0.05, 0.1) is 13.4 Å². The van der Waals surface area contributed by atoms with Gasteiger partial charge in [0.15, 0.2) is 6.29 Å². The molecule has 0 aromatic heterocycles. The van der Waals surface area contributed by atoms with E-state index in [9.17, 15) is 4.79 Å². The minimum absolute atomic E-state index is 0.612. The molecule has 1 aliphatic rings. The molecule has 1 aliphatic heterocycles. The minimum Gasteiger partial charge on any atom is -0.496 e. The molecule has 3 rings (SSSR count). The smallest absolute Gasteiger partial charge is 0.150 e. The quantitative estimate of drug-likeness (QED) is 0.738. The molecule has 2 aromatic rings. The highest BCUT2D eigenvalue weighted by molar-refractivity contribution is 6.08. The van der Waals surface area contributed by atoms with E-state index in [0.29, 0.717) is 11.3 Å². The van der Waals surface area contributed by atoms with Crippen LogP contribution in [0.3, 0.4) is 0 Å². The summed E-state index contributed by atoms with van der Waals surface area (Å²) in [7, 11) is 1.60.